The van der Waals surface area contributed by atoms with E-state index in [-0.39, 0.29) is 0 Å². The Morgan fingerprint density at radius 2 is 0.788 bits per heavy atom. The van der Waals surface area contributed by atoms with E-state index in [1.54, 1.807) is 0 Å². The molecule has 0 saturated heterocycles. The molecular weight excluding hydrogens is 633 g/mol. The molecule has 0 fully saturated rings. The molecule has 0 saturated carbocycles. The average molecular weight is 665 g/mol. The molecule has 244 valence electrons. The number of hydrogen-bond donors (Lipinski definition) is 0. The maximum atomic E-state index is 6.09. The van der Waals surface area contributed by atoms with Gasteiger partial charge in [0.05, 0.1) is 11.0 Å². The van der Waals surface area contributed by atoms with Crippen molar-refractivity contribution in [3.8, 4) is 61.6 Å². The highest BCUT2D eigenvalue weighted by Gasteiger charge is 2.16. The molecule has 52 heavy (non-hydrogen) atoms. The van der Waals surface area contributed by atoms with Gasteiger partial charge in [0, 0.05) is 22.0 Å². The second kappa shape index (κ2) is 12.4. The number of para-hydroxylation sites is 2. The van der Waals surface area contributed by atoms with E-state index >= 15 is 0 Å². The molecule has 0 amide bonds. The summed E-state index contributed by atoms with van der Waals surface area (Å²) in [5.41, 5.74) is 15.6. The lowest BCUT2D eigenvalue weighted by Crippen LogP contribution is -1.94. The summed E-state index contributed by atoms with van der Waals surface area (Å²) in [5, 5.41) is 2.42. The van der Waals surface area contributed by atoms with Crippen LogP contribution in [0.25, 0.3) is 94.6 Å². The number of hydrogen-bond acceptors (Lipinski definition) is 2. The first-order valence-corrected chi connectivity index (χ1v) is 17.6. The molecule has 0 N–H and O–H groups in total. The topological polar surface area (TPSA) is 31.0 Å². The Balaban J connectivity index is 1.13. The Kier molecular flexibility index (Phi) is 7.14. The van der Waals surface area contributed by atoms with Crippen LogP contribution in [0.4, 0.5) is 0 Å². The molecule has 0 bridgehead atoms. The van der Waals surface area contributed by atoms with E-state index in [9.17, 15) is 0 Å². The molecule has 3 nitrogen and oxygen atoms in total. The van der Waals surface area contributed by atoms with Gasteiger partial charge in [-0.05, 0) is 117 Å². The maximum Gasteiger partial charge on any atom is 0.227 e. The zero-order chi connectivity index (χ0) is 34.4. The molecule has 10 rings (SSSR count). The molecule has 3 heteroatoms. The van der Waals surface area contributed by atoms with Gasteiger partial charge < -0.3 is 8.98 Å². The van der Waals surface area contributed by atoms with Crippen LogP contribution in [0, 0.1) is 0 Å². The van der Waals surface area contributed by atoms with Gasteiger partial charge in [0.15, 0.2) is 5.58 Å². The van der Waals surface area contributed by atoms with Gasteiger partial charge in [-0.3, -0.25) is 0 Å². The molecule has 0 radical (unpaired) electrons. The predicted octanol–water partition coefficient (Wildman–Crippen LogP) is 13.3. The van der Waals surface area contributed by atoms with E-state index in [0.717, 1.165) is 33.4 Å². The SMILES string of the molecule is c1ccc(-c2cccc(-c3ccc4c(c3)c3cc(-c5cccc(-c6ccccc6)c5)ccc3n4-c3ccc(-c4nc5ccccc5o4)cc3)c2)cc1. The monoisotopic (exact) mass is 664 g/mol. The lowest BCUT2D eigenvalue weighted by molar-refractivity contribution is 0.620. The summed E-state index contributed by atoms with van der Waals surface area (Å²) in [7, 11) is 0. The number of fused-ring (bicyclic) bond motifs is 4. The van der Waals surface area contributed by atoms with Crippen molar-refractivity contribution < 1.29 is 4.42 Å². The van der Waals surface area contributed by atoms with Crippen molar-refractivity contribution in [3.63, 3.8) is 0 Å². The van der Waals surface area contributed by atoms with Gasteiger partial charge in [0.25, 0.3) is 0 Å². The lowest BCUT2D eigenvalue weighted by atomic mass is 9.96. The molecule has 2 heterocycles. The van der Waals surface area contributed by atoms with Gasteiger partial charge in [-0.15, -0.1) is 0 Å². The Labute approximate surface area is 301 Å². The van der Waals surface area contributed by atoms with Crippen LogP contribution in [0.3, 0.4) is 0 Å². The van der Waals surface area contributed by atoms with E-state index in [2.05, 4.69) is 174 Å². The number of aromatic nitrogens is 2. The summed E-state index contributed by atoms with van der Waals surface area (Å²) >= 11 is 0. The Morgan fingerprint density at radius 3 is 1.33 bits per heavy atom. The lowest BCUT2D eigenvalue weighted by Gasteiger charge is -2.10. The zero-order valence-electron chi connectivity index (χ0n) is 28.3. The van der Waals surface area contributed by atoms with Crippen LogP contribution < -0.4 is 0 Å². The standard InChI is InChI=1S/C49H32N2O/c1-3-11-33(12-4-1)36-15-9-17-38(29-36)40-23-27-46-43(31-40)44-32-41(39-18-10-16-37(30-39)34-13-5-2-6-14-34)24-28-47(44)51(46)42-25-21-35(22-26-42)49-50-45-19-7-8-20-48(45)52-49/h1-32H. The second-order valence-corrected chi connectivity index (χ2v) is 13.2. The van der Waals surface area contributed by atoms with Crippen molar-refractivity contribution in [2.45, 2.75) is 0 Å². The Morgan fingerprint density at radius 1 is 0.346 bits per heavy atom. The average Bonchev–Trinajstić information content (AvgIpc) is 3.81. The minimum absolute atomic E-state index is 0.625. The van der Waals surface area contributed by atoms with E-state index < -0.39 is 0 Å². The van der Waals surface area contributed by atoms with Crippen molar-refractivity contribution in [2.24, 2.45) is 0 Å². The third kappa shape index (κ3) is 5.28. The highest BCUT2D eigenvalue weighted by molar-refractivity contribution is 6.11. The van der Waals surface area contributed by atoms with E-state index in [0.29, 0.717) is 5.89 Å². The van der Waals surface area contributed by atoms with E-state index in [4.69, 9.17) is 9.40 Å². The summed E-state index contributed by atoms with van der Waals surface area (Å²) in [6.45, 7) is 0. The van der Waals surface area contributed by atoms with Gasteiger partial charge in [0.2, 0.25) is 5.89 Å². The van der Waals surface area contributed by atoms with Crippen molar-refractivity contribution in [3.05, 3.63) is 194 Å². The number of oxazole rings is 1. The van der Waals surface area contributed by atoms with Crippen molar-refractivity contribution >= 4 is 32.9 Å². The van der Waals surface area contributed by atoms with Crippen LogP contribution in [-0.4, -0.2) is 9.55 Å². The molecule has 2 aromatic heterocycles. The Bertz CT molecular complexity index is 2710. The van der Waals surface area contributed by atoms with Crippen LogP contribution in [0.1, 0.15) is 0 Å². The van der Waals surface area contributed by atoms with Crippen molar-refractivity contribution in [1.82, 2.24) is 9.55 Å². The van der Waals surface area contributed by atoms with Crippen LogP contribution in [0.2, 0.25) is 0 Å². The van der Waals surface area contributed by atoms with Crippen LogP contribution in [-0.2, 0) is 0 Å². The molecule has 8 aromatic carbocycles. The molecule has 0 aliphatic heterocycles. The minimum Gasteiger partial charge on any atom is -0.436 e. The smallest absolute Gasteiger partial charge is 0.227 e. The second-order valence-electron chi connectivity index (χ2n) is 13.2. The number of benzene rings is 8. The molecular formula is C49H32N2O. The Hall–Kier alpha value is -6.97. The zero-order valence-corrected chi connectivity index (χ0v) is 28.3. The fourth-order valence-electron chi connectivity index (χ4n) is 7.43. The van der Waals surface area contributed by atoms with Crippen LogP contribution in [0.15, 0.2) is 199 Å². The van der Waals surface area contributed by atoms with E-state index in [1.165, 1.54) is 55.3 Å². The summed E-state index contributed by atoms with van der Waals surface area (Å²) in [4.78, 5) is 4.73. The van der Waals surface area contributed by atoms with Crippen LogP contribution >= 0.6 is 0 Å². The maximum absolute atomic E-state index is 6.09. The molecule has 10 aromatic rings. The van der Waals surface area contributed by atoms with Crippen molar-refractivity contribution in [1.29, 1.82) is 0 Å². The van der Waals surface area contributed by atoms with Crippen molar-refractivity contribution in [2.75, 3.05) is 0 Å². The quantitative estimate of drug-likeness (QED) is 0.177. The first-order valence-electron chi connectivity index (χ1n) is 17.6. The highest BCUT2D eigenvalue weighted by Crippen LogP contribution is 2.39. The predicted molar refractivity (Wildman–Crippen MR) is 216 cm³/mol. The summed E-state index contributed by atoms with van der Waals surface area (Å²) in [6.07, 6.45) is 0. The molecule has 0 aliphatic rings. The largest absolute Gasteiger partial charge is 0.436 e. The van der Waals surface area contributed by atoms with Gasteiger partial charge in [0.1, 0.15) is 5.52 Å². The summed E-state index contributed by atoms with van der Waals surface area (Å²) in [6, 6.07) is 69.0. The fourth-order valence-corrected chi connectivity index (χ4v) is 7.43. The number of nitrogens with zero attached hydrogens (tertiary/aromatic N) is 2. The third-order valence-electron chi connectivity index (χ3n) is 10.0. The van der Waals surface area contributed by atoms with Gasteiger partial charge in [-0.1, -0.05) is 121 Å². The highest BCUT2D eigenvalue weighted by atomic mass is 16.3. The minimum atomic E-state index is 0.625. The normalized spacial score (nSPS) is 11.5. The summed E-state index contributed by atoms with van der Waals surface area (Å²) < 4.78 is 8.46. The van der Waals surface area contributed by atoms with Gasteiger partial charge >= 0.3 is 0 Å². The molecule has 0 aliphatic carbocycles. The first-order chi connectivity index (χ1) is 25.7. The van der Waals surface area contributed by atoms with Crippen LogP contribution in [0.5, 0.6) is 0 Å². The third-order valence-corrected chi connectivity index (χ3v) is 10.0. The van der Waals surface area contributed by atoms with E-state index in [1.807, 2.05) is 24.3 Å². The van der Waals surface area contributed by atoms with Gasteiger partial charge in [-0.2, -0.15) is 0 Å². The molecule has 0 atom stereocenters. The number of rotatable bonds is 6. The molecule has 0 spiro atoms. The molecule has 0 unspecified atom stereocenters. The fraction of sp³-hybridized carbons (Fsp3) is 0. The van der Waals surface area contributed by atoms with Gasteiger partial charge in [-0.25, -0.2) is 4.98 Å². The summed E-state index contributed by atoms with van der Waals surface area (Å²) in [5.74, 6) is 0.625. The first kappa shape index (κ1) is 29.9.